The Labute approximate surface area is 180 Å². The maximum absolute atomic E-state index is 13.0. The Morgan fingerprint density at radius 2 is 2.03 bits per heavy atom. The number of Topliss-reactive ketones (excluding diaryl/α,β-unsaturated/α-hetero) is 1. The van der Waals surface area contributed by atoms with Crippen molar-refractivity contribution in [2.75, 3.05) is 6.54 Å². The highest BCUT2D eigenvalue weighted by Gasteiger charge is 2.37. The molecule has 1 unspecified atom stereocenters. The van der Waals surface area contributed by atoms with Gasteiger partial charge in [0.05, 0.1) is 18.2 Å². The first-order chi connectivity index (χ1) is 15.0. The van der Waals surface area contributed by atoms with Gasteiger partial charge in [0.1, 0.15) is 12.0 Å². The van der Waals surface area contributed by atoms with Crippen molar-refractivity contribution in [1.82, 2.24) is 20.7 Å². The Hall–Kier alpha value is -3.68. The van der Waals surface area contributed by atoms with Crippen molar-refractivity contribution < 1.29 is 9.59 Å². The van der Waals surface area contributed by atoms with Crippen molar-refractivity contribution in [2.24, 2.45) is 15.9 Å². The fourth-order valence-corrected chi connectivity index (χ4v) is 3.95. The molecule has 0 spiro atoms. The van der Waals surface area contributed by atoms with E-state index in [1.165, 1.54) is 0 Å². The summed E-state index contributed by atoms with van der Waals surface area (Å²) in [6.45, 7) is 4.42. The molecule has 3 heterocycles. The number of carbonyl (C=O) groups is 2. The number of H-pyrrole nitrogens is 1. The highest BCUT2D eigenvalue weighted by Crippen LogP contribution is 2.33. The van der Waals surface area contributed by atoms with Crippen LogP contribution in [0.1, 0.15) is 46.0 Å². The van der Waals surface area contributed by atoms with Gasteiger partial charge in [-0.25, -0.2) is 9.98 Å². The number of hydrogen-bond donors (Lipinski definition) is 3. The van der Waals surface area contributed by atoms with Crippen LogP contribution in [0.4, 0.5) is 5.69 Å². The highest BCUT2D eigenvalue weighted by molar-refractivity contribution is 6.08. The van der Waals surface area contributed by atoms with E-state index < -0.39 is 0 Å². The van der Waals surface area contributed by atoms with Gasteiger partial charge in [0, 0.05) is 29.6 Å². The van der Waals surface area contributed by atoms with E-state index in [9.17, 15) is 9.59 Å². The predicted molar refractivity (Wildman–Crippen MR) is 118 cm³/mol. The average molecular weight is 416 g/mol. The molecule has 3 aliphatic rings. The zero-order valence-corrected chi connectivity index (χ0v) is 17.5. The summed E-state index contributed by atoms with van der Waals surface area (Å²) in [6.07, 6.45) is 7.14. The molecule has 1 fully saturated rings. The van der Waals surface area contributed by atoms with E-state index in [1.54, 1.807) is 30.9 Å². The second-order valence-electron chi connectivity index (χ2n) is 8.23. The second-order valence-corrected chi connectivity index (χ2v) is 8.23. The molecule has 1 atom stereocenters. The van der Waals surface area contributed by atoms with Crippen LogP contribution in [0, 0.1) is 12.8 Å². The van der Waals surface area contributed by atoms with E-state index in [0.717, 1.165) is 29.7 Å². The van der Waals surface area contributed by atoms with Gasteiger partial charge in [-0.1, -0.05) is 6.07 Å². The molecule has 1 aromatic carbocycles. The Bertz CT molecular complexity index is 1140. The molecule has 158 valence electrons. The molecule has 0 bridgehead atoms. The lowest BCUT2D eigenvalue weighted by Gasteiger charge is -2.25. The number of amides is 1. The molecule has 5 rings (SSSR count). The number of carbonyl (C=O) groups excluding carboxylic acids is 2. The molecule has 3 N–H and O–H groups in total. The predicted octanol–water partition coefficient (Wildman–Crippen LogP) is 2.88. The fraction of sp³-hybridized carbons (Fsp3) is 0.304. The van der Waals surface area contributed by atoms with Gasteiger partial charge < -0.3 is 10.3 Å². The molecule has 2 aromatic rings. The number of fused-ring (bicyclic) bond motifs is 1. The lowest BCUT2D eigenvalue weighted by molar-refractivity contribution is 0.0927. The molecule has 2 aliphatic heterocycles. The van der Waals surface area contributed by atoms with Gasteiger partial charge in [-0.05, 0) is 56.0 Å². The monoisotopic (exact) mass is 416 g/mol. The maximum atomic E-state index is 13.0. The lowest BCUT2D eigenvalue weighted by Crippen LogP contribution is -2.41. The number of rotatable bonds is 5. The number of hydrogen-bond acceptors (Lipinski definition) is 5. The van der Waals surface area contributed by atoms with E-state index >= 15 is 0 Å². The second kappa shape index (κ2) is 7.54. The Balaban J connectivity index is 1.48. The van der Waals surface area contributed by atoms with Gasteiger partial charge in [0.25, 0.3) is 5.91 Å². The average Bonchev–Trinajstić information content (AvgIpc) is 3.27. The third-order valence-electron chi connectivity index (χ3n) is 5.95. The number of aliphatic imine (C=N–C) groups is 2. The summed E-state index contributed by atoms with van der Waals surface area (Å²) >= 11 is 0. The largest absolute Gasteiger partial charge is 0.367 e. The molecule has 8 nitrogen and oxygen atoms in total. The van der Waals surface area contributed by atoms with Gasteiger partial charge in [-0.3, -0.25) is 20.0 Å². The Kier molecular flexibility index (Phi) is 4.69. The summed E-state index contributed by atoms with van der Waals surface area (Å²) in [7, 11) is 0. The van der Waals surface area contributed by atoms with Crippen molar-refractivity contribution in [2.45, 2.75) is 32.7 Å². The Morgan fingerprint density at radius 3 is 2.77 bits per heavy atom. The first-order valence-electron chi connectivity index (χ1n) is 10.5. The summed E-state index contributed by atoms with van der Waals surface area (Å²) in [4.78, 5) is 37.6. The topological polar surface area (TPSA) is 102 Å². The number of aryl methyl sites for hydroxylation is 1. The zero-order valence-electron chi connectivity index (χ0n) is 17.5. The van der Waals surface area contributed by atoms with Crippen LogP contribution in [0.2, 0.25) is 0 Å². The molecule has 1 amide bonds. The first-order valence-corrected chi connectivity index (χ1v) is 10.5. The summed E-state index contributed by atoms with van der Waals surface area (Å²) in [6, 6.07) is 7.61. The van der Waals surface area contributed by atoms with Crippen LogP contribution in [0.15, 0.2) is 57.9 Å². The van der Waals surface area contributed by atoms with E-state index in [2.05, 4.69) is 20.7 Å². The van der Waals surface area contributed by atoms with Crippen LogP contribution in [-0.4, -0.2) is 46.4 Å². The third kappa shape index (κ3) is 3.65. The summed E-state index contributed by atoms with van der Waals surface area (Å²) < 4.78 is 0. The van der Waals surface area contributed by atoms with Crippen LogP contribution in [0.25, 0.3) is 0 Å². The number of ketones is 1. The summed E-state index contributed by atoms with van der Waals surface area (Å²) in [5, 5.41) is 4.92. The van der Waals surface area contributed by atoms with Gasteiger partial charge in [0.15, 0.2) is 11.6 Å². The van der Waals surface area contributed by atoms with E-state index in [1.807, 2.05) is 31.0 Å². The molecule has 0 radical (unpaired) electrons. The first kappa shape index (κ1) is 19.3. The number of benzene rings is 1. The fourth-order valence-electron chi connectivity index (χ4n) is 3.95. The van der Waals surface area contributed by atoms with Crippen molar-refractivity contribution in [1.29, 1.82) is 0 Å². The molecule has 1 saturated carbocycles. The quantitative estimate of drug-likeness (QED) is 0.652. The van der Waals surface area contributed by atoms with E-state index in [4.69, 9.17) is 4.99 Å². The van der Waals surface area contributed by atoms with Gasteiger partial charge in [-0.15, -0.1) is 0 Å². The van der Waals surface area contributed by atoms with Crippen LogP contribution in [0.3, 0.4) is 0 Å². The van der Waals surface area contributed by atoms with Gasteiger partial charge >= 0.3 is 0 Å². The number of aromatic amines is 1. The van der Waals surface area contributed by atoms with E-state index in [0.29, 0.717) is 35.2 Å². The number of aromatic nitrogens is 1. The van der Waals surface area contributed by atoms with Crippen LogP contribution >= 0.6 is 0 Å². The molecule has 0 saturated heterocycles. The molecular weight excluding hydrogens is 392 g/mol. The van der Waals surface area contributed by atoms with Crippen molar-refractivity contribution in [3.63, 3.8) is 0 Å². The van der Waals surface area contributed by atoms with E-state index in [-0.39, 0.29) is 17.6 Å². The van der Waals surface area contributed by atoms with Crippen molar-refractivity contribution in [3.05, 3.63) is 64.6 Å². The number of nitrogens with zero attached hydrogens (tertiary/aromatic N) is 3. The maximum Gasteiger partial charge on any atom is 0.251 e. The molecule has 1 aliphatic carbocycles. The third-order valence-corrected chi connectivity index (χ3v) is 5.95. The molecule has 8 heteroatoms. The SMILES string of the molecule is CC1=C2C(=Nc3cc(C(=O)NC4CC4)ccc3C)N=CNN2CC1C(=O)c1cc[nH]c1. The summed E-state index contributed by atoms with van der Waals surface area (Å²) in [5.74, 6) is 0.245. The van der Waals surface area contributed by atoms with Crippen LogP contribution in [0.5, 0.6) is 0 Å². The number of amidine groups is 1. The van der Waals surface area contributed by atoms with Crippen molar-refractivity contribution in [3.8, 4) is 0 Å². The zero-order chi connectivity index (χ0) is 21.5. The highest BCUT2D eigenvalue weighted by atomic mass is 16.1. The standard InChI is InChI=1S/C23H24N6O2/c1-13-3-4-15(23(31)27-17-5-6-17)9-19(13)28-22-20-14(2)18(11-29(20)26-12-25-22)21(30)16-7-8-24-10-16/h3-4,7-10,12,17-18,24H,5-6,11H2,1-2H3,(H,27,31)(H,25,26,28). The minimum atomic E-state index is -0.276. The summed E-state index contributed by atoms with van der Waals surface area (Å²) in [5.41, 5.74) is 7.74. The lowest BCUT2D eigenvalue weighted by atomic mass is 9.94. The minimum Gasteiger partial charge on any atom is -0.367 e. The molecule has 31 heavy (non-hydrogen) atoms. The number of nitrogens with one attached hydrogen (secondary N) is 3. The molecular formula is C23H24N6O2. The Morgan fingerprint density at radius 1 is 1.19 bits per heavy atom. The van der Waals surface area contributed by atoms with Gasteiger partial charge in [-0.2, -0.15) is 0 Å². The van der Waals surface area contributed by atoms with Gasteiger partial charge in [0.2, 0.25) is 0 Å². The van der Waals surface area contributed by atoms with Crippen molar-refractivity contribution >= 4 is 29.6 Å². The normalized spacial score (nSPS) is 21.3. The molecule has 1 aromatic heterocycles. The smallest absolute Gasteiger partial charge is 0.251 e. The van der Waals surface area contributed by atoms with Crippen LogP contribution in [-0.2, 0) is 0 Å². The number of hydrazine groups is 1. The minimum absolute atomic E-state index is 0.0664. The van der Waals surface area contributed by atoms with Crippen LogP contribution < -0.4 is 10.7 Å².